The fourth-order valence-corrected chi connectivity index (χ4v) is 1.67. The molecule has 0 aromatic carbocycles. The van der Waals surface area contributed by atoms with E-state index in [0.717, 1.165) is 0 Å². The third-order valence-electron chi connectivity index (χ3n) is 1.20. The van der Waals surface area contributed by atoms with Crippen LogP contribution in [0.4, 0.5) is 0 Å². The molecule has 0 aliphatic rings. The molecule has 0 unspecified atom stereocenters. The maximum Gasteiger partial charge on any atom is 0.313 e. The lowest BCUT2D eigenvalue weighted by atomic mass is 10.6. The van der Waals surface area contributed by atoms with E-state index in [1.165, 1.54) is 6.92 Å². The van der Waals surface area contributed by atoms with Crippen LogP contribution in [-0.2, 0) is 10.1 Å². The minimum atomic E-state index is -4.54. The molecule has 0 radical (unpaired) electrons. The monoisotopic (exact) mass is 224 g/mol. The van der Waals surface area contributed by atoms with Crippen LogP contribution < -0.4 is 5.56 Å². The van der Waals surface area contributed by atoms with Gasteiger partial charge in [-0.15, -0.1) is 0 Å². The van der Waals surface area contributed by atoms with Gasteiger partial charge in [0.15, 0.2) is 0 Å². The summed E-state index contributed by atoms with van der Waals surface area (Å²) in [6.45, 7) is 1.37. The summed E-state index contributed by atoms with van der Waals surface area (Å²) in [7, 11) is -4.54. The van der Waals surface area contributed by atoms with Crippen molar-refractivity contribution in [1.29, 1.82) is 0 Å². The molecule has 1 heterocycles. The van der Waals surface area contributed by atoms with E-state index in [4.69, 9.17) is 16.2 Å². The van der Waals surface area contributed by atoms with Crippen LogP contribution in [0.1, 0.15) is 5.82 Å². The lowest BCUT2D eigenvalue weighted by Gasteiger charge is -1.99. The highest BCUT2D eigenvalue weighted by molar-refractivity contribution is 7.85. The number of aromatic nitrogens is 2. The minimum Gasteiger partial charge on any atom is -0.309 e. The molecular weight excluding hydrogens is 220 g/mol. The van der Waals surface area contributed by atoms with Crippen molar-refractivity contribution in [2.75, 3.05) is 0 Å². The molecule has 13 heavy (non-hydrogen) atoms. The second-order valence-electron chi connectivity index (χ2n) is 2.25. The maximum absolute atomic E-state index is 10.9. The number of nitrogens with one attached hydrogen (secondary N) is 1. The van der Waals surface area contributed by atoms with Gasteiger partial charge >= 0.3 is 10.1 Å². The van der Waals surface area contributed by atoms with Gasteiger partial charge in [0, 0.05) is 0 Å². The van der Waals surface area contributed by atoms with Crippen LogP contribution in [0.15, 0.2) is 9.82 Å². The van der Waals surface area contributed by atoms with Crippen LogP contribution in [0.2, 0.25) is 5.02 Å². The van der Waals surface area contributed by atoms with E-state index in [2.05, 4.69) is 9.97 Å². The first-order chi connectivity index (χ1) is 5.82. The topological polar surface area (TPSA) is 100 Å². The van der Waals surface area contributed by atoms with Crippen molar-refractivity contribution in [3.63, 3.8) is 0 Å². The van der Waals surface area contributed by atoms with Gasteiger partial charge in [0.1, 0.15) is 10.8 Å². The first-order valence-electron chi connectivity index (χ1n) is 3.06. The molecule has 0 aliphatic carbocycles. The van der Waals surface area contributed by atoms with Gasteiger partial charge in [-0.25, -0.2) is 4.98 Å². The summed E-state index contributed by atoms with van der Waals surface area (Å²) in [5.41, 5.74) is -0.804. The van der Waals surface area contributed by atoms with Crippen LogP contribution >= 0.6 is 11.6 Å². The standard InChI is InChI=1S/C5H5ClN2O4S/c1-2-7-4(9)3(6)5(8-2)13(10,11)12/h1H3,(H,7,8,9)(H,10,11,12). The molecule has 8 heteroatoms. The van der Waals surface area contributed by atoms with Gasteiger partial charge in [-0.05, 0) is 6.92 Å². The van der Waals surface area contributed by atoms with Crippen LogP contribution in [0.25, 0.3) is 0 Å². The van der Waals surface area contributed by atoms with Gasteiger partial charge < -0.3 is 4.98 Å². The third kappa shape index (κ3) is 2.06. The number of hydrogen-bond donors (Lipinski definition) is 2. The molecule has 0 amide bonds. The molecule has 0 spiro atoms. The van der Waals surface area contributed by atoms with Gasteiger partial charge in [0.25, 0.3) is 5.56 Å². The number of hydrogen-bond acceptors (Lipinski definition) is 4. The zero-order chi connectivity index (χ0) is 10.2. The molecule has 6 nitrogen and oxygen atoms in total. The first kappa shape index (κ1) is 10.2. The summed E-state index contributed by atoms with van der Waals surface area (Å²) in [5.74, 6) is 0.0574. The number of rotatable bonds is 1. The molecule has 1 aromatic rings. The largest absolute Gasteiger partial charge is 0.313 e. The smallest absolute Gasteiger partial charge is 0.309 e. The summed E-state index contributed by atoms with van der Waals surface area (Å²) < 4.78 is 29.8. The molecule has 1 rings (SSSR count). The van der Waals surface area contributed by atoms with E-state index in [1.54, 1.807) is 0 Å². The van der Waals surface area contributed by atoms with E-state index in [0.29, 0.717) is 0 Å². The Balaban J connectivity index is 3.66. The van der Waals surface area contributed by atoms with Crippen LogP contribution in [0.5, 0.6) is 0 Å². The van der Waals surface area contributed by atoms with Crippen molar-refractivity contribution in [3.8, 4) is 0 Å². The molecule has 0 bridgehead atoms. The van der Waals surface area contributed by atoms with E-state index in [-0.39, 0.29) is 5.82 Å². The van der Waals surface area contributed by atoms with Crippen molar-refractivity contribution >= 4 is 21.7 Å². The summed E-state index contributed by atoms with van der Waals surface area (Å²) >= 11 is 5.30. The average molecular weight is 225 g/mol. The molecule has 1 aromatic heterocycles. The predicted molar refractivity (Wildman–Crippen MR) is 44.4 cm³/mol. The van der Waals surface area contributed by atoms with E-state index in [9.17, 15) is 13.2 Å². The summed E-state index contributed by atoms with van der Waals surface area (Å²) in [6.07, 6.45) is 0. The Morgan fingerprint density at radius 3 is 2.54 bits per heavy atom. The molecule has 72 valence electrons. The van der Waals surface area contributed by atoms with Gasteiger partial charge in [-0.1, -0.05) is 11.6 Å². The lowest BCUT2D eigenvalue weighted by Crippen LogP contribution is -2.16. The molecule has 0 atom stereocenters. The van der Waals surface area contributed by atoms with Crippen LogP contribution in [-0.4, -0.2) is 22.9 Å². The zero-order valence-corrected chi connectivity index (χ0v) is 7.98. The van der Waals surface area contributed by atoms with Crippen molar-refractivity contribution in [2.24, 2.45) is 0 Å². The van der Waals surface area contributed by atoms with Crippen molar-refractivity contribution in [1.82, 2.24) is 9.97 Å². The Morgan fingerprint density at radius 1 is 1.54 bits per heavy atom. The fraction of sp³-hybridized carbons (Fsp3) is 0.200. The summed E-state index contributed by atoms with van der Waals surface area (Å²) in [5, 5.41) is -1.47. The molecule has 0 aliphatic heterocycles. The Morgan fingerprint density at radius 2 is 2.08 bits per heavy atom. The second kappa shape index (κ2) is 3.09. The number of halogens is 1. The molecule has 0 saturated heterocycles. The summed E-state index contributed by atoms with van der Waals surface area (Å²) in [4.78, 5) is 16.5. The van der Waals surface area contributed by atoms with Crippen molar-refractivity contribution in [2.45, 2.75) is 11.9 Å². The maximum atomic E-state index is 10.9. The highest BCUT2D eigenvalue weighted by atomic mass is 35.5. The van der Waals surface area contributed by atoms with Gasteiger partial charge in [-0.3, -0.25) is 9.35 Å². The molecule has 0 fully saturated rings. The SMILES string of the molecule is Cc1nc(S(=O)(=O)O)c(Cl)c(=O)[nH]1. The van der Waals surface area contributed by atoms with E-state index < -0.39 is 25.7 Å². The molecule has 2 N–H and O–H groups in total. The fourth-order valence-electron chi connectivity index (χ4n) is 0.717. The molecular formula is C5H5ClN2O4S. The average Bonchev–Trinajstić information content (AvgIpc) is 1.94. The van der Waals surface area contributed by atoms with Crippen molar-refractivity contribution < 1.29 is 13.0 Å². The van der Waals surface area contributed by atoms with E-state index in [1.807, 2.05) is 0 Å². The number of aromatic amines is 1. The van der Waals surface area contributed by atoms with E-state index >= 15 is 0 Å². The predicted octanol–water partition coefficient (Wildman–Crippen LogP) is -0.0216. The normalized spacial score (nSPS) is 11.6. The third-order valence-corrected chi connectivity index (χ3v) is 2.44. The highest BCUT2D eigenvalue weighted by Crippen LogP contribution is 2.12. The molecule has 0 saturated carbocycles. The van der Waals surface area contributed by atoms with Crippen LogP contribution in [0, 0.1) is 6.92 Å². The van der Waals surface area contributed by atoms with Gasteiger partial charge in [0.05, 0.1) is 0 Å². The highest BCUT2D eigenvalue weighted by Gasteiger charge is 2.19. The Labute approximate surface area is 78.3 Å². The van der Waals surface area contributed by atoms with Crippen molar-refractivity contribution in [3.05, 3.63) is 21.2 Å². The first-order valence-corrected chi connectivity index (χ1v) is 4.88. The Bertz CT molecular complexity index is 492. The van der Waals surface area contributed by atoms with Gasteiger partial charge in [-0.2, -0.15) is 8.42 Å². The Hall–Kier alpha value is -0.920. The lowest BCUT2D eigenvalue weighted by molar-refractivity contribution is 0.478. The number of nitrogens with zero attached hydrogens (tertiary/aromatic N) is 1. The van der Waals surface area contributed by atoms with Crippen LogP contribution in [0.3, 0.4) is 0 Å². The Kier molecular flexibility index (Phi) is 2.42. The second-order valence-corrected chi connectivity index (χ2v) is 3.96. The van der Waals surface area contributed by atoms with Gasteiger partial charge in [0.2, 0.25) is 5.03 Å². The number of aryl methyl sites for hydroxylation is 1. The number of H-pyrrole nitrogens is 1. The summed E-state index contributed by atoms with van der Waals surface area (Å²) in [6, 6.07) is 0. The zero-order valence-electron chi connectivity index (χ0n) is 6.41. The quantitative estimate of drug-likeness (QED) is 0.516. The minimum absolute atomic E-state index is 0.0574.